The Bertz CT molecular complexity index is 519. The van der Waals surface area contributed by atoms with Crippen LogP contribution in [0.5, 0.6) is 0 Å². The lowest BCUT2D eigenvalue weighted by molar-refractivity contribution is 0.401. The standard InChI is InChI=1S/C12H18ClNO3S/c1-3-6-14(10-4-5-10)18(15,16)12-7-11(8-13)17-9(12)2/h7,10H,3-6,8H2,1-2H3. The van der Waals surface area contributed by atoms with E-state index >= 15 is 0 Å². The molecule has 18 heavy (non-hydrogen) atoms. The number of nitrogens with zero attached hydrogens (tertiary/aromatic N) is 1. The van der Waals surface area contributed by atoms with Gasteiger partial charge in [0.25, 0.3) is 0 Å². The molecule has 6 heteroatoms. The largest absolute Gasteiger partial charge is 0.464 e. The van der Waals surface area contributed by atoms with E-state index in [-0.39, 0.29) is 16.8 Å². The van der Waals surface area contributed by atoms with Gasteiger partial charge in [0.05, 0.1) is 5.88 Å². The summed E-state index contributed by atoms with van der Waals surface area (Å²) >= 11 is 5.68. The molecule has 0 radical (unpaired) electrons. The van der Waals surface area contributed by atoms with Gasteiger partial charge in [-0.25, -0.2) is 8.42 Å². The molecule has 2 rings (SSSR count). The van der Waals surface area contributed by atoms with Crippen molar-refractivity contribution < 1.29 is 12.8 Å². The predicted molar refractivity (Wildman–Crippen MR) is 70.2 cm³/mol. The Labute approximate surface area is 113 Å². The van der Waals surface area contributed by atoms with Crippen molar-refractivity contribution in [2.45, 2.75) is 49.9 Å². The lowest BCUT2D eigenvalue weighted by Gasteiger charge is -2.20. The zero-order valence-electron chi connectivity index (χ0n) is 10.6. The molecule has 0 unspecified atom stereocenters. The van der Waals surface area contributed by atoms with Gasteiger partial charge in [-0.2, -0.15) is 4.31 Å². The fourth-order valence-electron chi connectivity index (χ4n) is 2.05. The van der Waals surface area contributed by atoms with Crippen molar-refractivity contribution in [1.29, 1.82) is 0 Å². The molecular formula is C12H18ClNO3S. The van der Waals surface area contributed by atoms with Crippen molar-refractivity contribution in [3.05, 3.63) is 17.6 Å². The maximum atomic E-state index is 12.6. The fraction of sp³-hybridized carbons (Fsp3) is 0.667. The second-order valence-electron chi connectivity index (χ2n) is 4.61. The van der Waals surface area contributed by atoms with Crippen molar-refractivity contribution in [2.24, 2.45) is 0 Å². The number of alkyl halides is 1. The molecule has 0 N–H and O–H groups in total. The molecule has 1 heterocycles. The molecule has 1 aliphatic carbocycles. The van der Waals surface area contributed by atoms with Crippen LogP contribution in [0.25, 0.3) is 0 Å². The highest BCUT2D eigenvalue weighted by atomic mass is 35.5. The number of hydrogen-bond donors (Lipinski definition) is 0. The van der Waals surface area contributed by atoms with Crippen LogP contribution in [0.2, 0.25) is 0 Å². The molecule has 0 amide bonds. The first-order valence-corrected chi connectivity index (χ1v) is 8.15. The number of hydrogen-bond acceptors (Lipinski definition) is 3. The van der Waals surface area contributed by atoms with Crippen LogP contribution in [0, 0.1) is 6.92 Å². The summed E-state index contributed by atoms with van der Waals surface area (Å²) in [5, 5.41) is 0. The summed E-state index contributed by atoms with van der Waals surface area (Å²) in [4.78, 5) is 0.263. The monoisotopic (exact) mass is 291 g/mol. The molecule has 1 fully saturated rings. The second kappa shape index (κ2) is 5.23. The molecule has 1 aromatic rings. The number of aryl methyl sites for hydroxylation is 1. The third-order valence-corrected chi connectivity index (χ3v) is 5.36. The second-order valence-corrected chi connectivity index (χ2v) is 6.74. The highest BCUT2D eigenvalue weighted by molar-refractivity contribution is 7.89. The Morgan fingerprint density at radius 1 is 1.50 bits per heavy atom. The van der Waals surface area contributed by atoms with Crippen molar-refractivity contribution in [2.75, 3.05) is 6.54 Å². The van der Waals surface area contributed by atoms with Crippen molar-refractivity contribution in [1.82, 2.24) is 4.31 Å². The molecule has 0 aliphatic heterocycles. The SMILES string of the molecule is CCCN(C1CC1)S(=O)(=O)c1cc(CCl)oc1C. The van der Waals surface area contributed by atoms with Crippen LogP contribution < -0.4 is 0 Å². The number of furan rings is 1. The topological polar surface area (TPSA) is 50.5 Å². The molecule has 1 aliphatic rings. The lowest BCUT2D eigenvalue weighted by Crippen LogP contribution is -2.33. The van der Waals surface area contributed by atoms with E-state index in [1.54, 1.807) is 17.3 Å². The van der Waals surface area contributed by atoms with E-state index in [4.69, 9.17) is 16.0 Å². The molecule has 0 bridgehead atoms. The van der Waals surface area contributed by atoms with E-state index in [9.17, 15) is 8.42 Å². The Balaban J connectivity index is 2.35. The number of halogens is 1. The summed E-state index contributed by atoms with van der Waals surface area (Å²) in [5.74, 6) is 1.11. The van der Waals surface area contributed by atoms with E-state index in [1.165, 1.54) is 0 Å². The zero-order valence-corrected chi connectivity index (χ0v) is 12.2. The van der Waals surface area contributed by atoms with Gasteiger partial charge in [-0.3, -0.25) is 0 Å². The Morgan fingerprint density at radius 2 is 2.17 bits per heavy atom. The summed E-state index contributed by atoms with van der Waals surface area (Å²) in [7, 11) is -3.44. The summed E-state index contributed by atoms with van der Waals surface area (Å²) in [6.45, 7) is 4.21. The van der Waals surface area contributed by atoms with Crippen molar-refractivity contribution in [3.63, 3.8) is 0 Å². The van der Waals surface area contributed by atoms with Gasteiger partial charge in [0.2, 0.25) is 10.0 Å². The Hall–Kier alpha value is -0.520. The third-order valence-electron chi connectivity index (χ3n) is 3.04. The molecule has 1 aromatic heterocycles. The minimum absolute atomic E-state index is 0.170. The molecule has 0 atom stereocenters. The third kappa shape index (κ3) is 2.58. The normalized spacial score (nSPS) is 16.4. The summed E-state index contributed by atoms with van der Waals surface area (Å²) in [6.07, 6.45) is 2.73. The van der Waals surface area contributed by atoms with Gasteiger partial charge in [-0.05, 0) is 26.2 Å². The maximum absolute atomic E-state index is 12.6. The number of rotatable bonds is 6. The maximum Gasteiger partial charge on any atom is 0.246 e. The molecule has 0 saturated heterocycles. The fourth-order valence-corrected chi connectivity index (χ4v) is 4.15. The first kappa shape index (κ1) is 13.9. The van der Waals surface area contributed by atoms with Crippen LogP contribution in [-0.2, 0) is 15.9 Å². The van der Waals surface area contributed by atoms with Crippen LogP contribution in [0.4, 0.5) is 0 Å². The molecular weight excluding hydrogens is 274 g/mol. The van der Waals surface area contributed by atoms with Gasteiger partial charge in [0.1, 0.15) is 16.4 Å². The predicted octanol–water partition coefficient (Wildman–Crippen LogP) is 2.89. The average Bonchev–Trinajstić information content (AvgIpc) is 3.08. The smallest absolute Gasteiger partial charge is 0.246 e. The Morgan fingerprint density at radius 3 is 2.61 bits per heavy atom. The van der Waals surface area contributed by atoms with Crippen molar-refractivity contribution >= 4 is 21.6 Å². The highest BCUT2D eigenvalue weighted by Gasteiger charge is 2.38. The van der Waals surface area contributed by atoms with Crippen molar-refractivity contribution in [3.8, 4) is 0 Å². The van der Waals surface area contributed by atoms with Gasteiger partial charge < -0.3 is 4.42 Å². The van der Waals surface area contributed by atoms with Gasteiger partial charge in [-0.15, -0.1) is 11.6 Å². The van der Waals surface area contributed by atoms with E-state index in [1.807, 2.05) is 6.92 Å². The minimum Gasteiger partial charge on any atom is -0.464 e. The molecule has 102 valence electrons. The first-order chi connectivity index (χ1) is 8.50. The van der Waals surface area contributed by atoms with Gasteiger partial charge >= 0.3 is 0 Å². The van der Waals surface area contributed by atoms with Crippen LogP contribution >= 0.6 is 11.6 Å². The van der Waals surface area contributed by atoms with Crippen LogP contribution in [0.3, 0.4) is 0 Å². The van der Waals surface area contributed by atoms with Crippen LogP contribution in [0.15, 0.2) is 15.4 Å². The average molecular weight is 292 g/mol. The quantitative estimate of drug-likeness (QED) is 0.757. The van der Waals surface area contributed by atoms with Crippen LogP contribution in [0.1, 0.15) is 37.7 Å². The molecule has 0 spiro atoms. The number of sulfonamides is 1. The van der Waals surface area contributed by atoms with E-state index in [2.05, 4.69) is 0 Å². The van der Waals surface area contributed by atoms with E-state index in [0.29, 0.717) is 18.1 Å². The molecule has 0 aromatic carbocycles. The minimum atomic E-state index is -3.44. The first-order valence-electron chi connectivity index (χ1n) is 6.17. The zero-order chi connectivity index (χ0) is 13.3. The van der Waals surface area contributed by atoms with Gasteiger partial charge in [-0.1, -0.05) is 6.92 Å². The van der Waals surface area contributed by atoms with Gasteiger partial charge in [0, 0.05) is 18.7 Å². The van der Waals surface area contributed by atoms with Gasteiger partial charge in [0.15, 0.2) is 0 Å². The molecule has 4 nitrogen and oxygen atoms in total. The van der Waals surface area contributed by atoms with E-state index < -0.39 is 10.0 Å². The highest BCUT2D eigenvalue weighted by Crippen LogP contribution is 2.34. The molecule has 1 saturated carbocycles. The lowest BCUT2D eigenvalue weighted by atomic mass is 10.4. The summed E-state index contributed by atoms with van der Waals surface area (Å²) < 4.78 is 32.1. The summed E-state index contributed by atoms with van der Waals surface area (Å²) in [6, 6.07) is 1.71. The van der Waals surface area contributed by atoms with E-state index in [0.717, 1.165) is 19.3 Å². The van der Waals surface area contributed by atoms with Crippen LogP contribution in [-0.4, -0.2) is 25.3 Å². The Kier molecular flexibility index (Phi) is 4.04. The summed E-state index contributed by atoms with van der Waals surface area (Å²) in [5.41, 5.74) is 0.